The van der Waals surface area contributed by atoms with Crippen molar-refractivity contribution in [2.75, 3.05) is 0 Å². The number of fused-ring (bicyclic) bond motifs is 2. The van der Waals surface area contributed by atoms with Gasteiger partial charge in [-0.15, -0.1) is 0 Å². The van der Waals surface area contributed by atoms with Crippen LogP contribution in [-0.2, 0) is 22.0 Å². The van der Waals surface area contributed by atoms with Gasteiger partial charge in [-0.3, -0.25) is 0 Å². The molecule has 2 aliphatic carbocycles. The molecule has 3 N–H and O–H groups in total. The average Bonchev–Trinajstić information content (AvgIpc) is 2.47. The molecule has 2 atom stereocenters. The number of nitrogens with two attached hydrogens (primary N) is 1. The highest BCUT2D eigenvalue weighted by Crippen LogP contribution is 2.40. The third kappa shape index (κ3) is 4.35. The first-order valence-electron chi connectivity index (χ1n) is 8.56. The maximum atomic E-state index is 13.1. The molecule has 2 unspecified atom stereocenters. The van der Waals surface area contributed by atoms with E-state index in [2.05, 4.69) is 4.72 Å². The monoisotopic (exact) mass is 376 g/mol. The first-order chi connectivity index (χ1) is 11.7. The van der Waals surface area contributed by atoms with Crippen molar-refractivity contribution in [1.82, 2.24) is 4.72 Å². The van der Waals surface area contributed by atoms with Crippen LogP contribution in [0.4, 0.5) is 13.2 Å². The van der Waals surface area contributed by atoms with Crippen LogP contribution in [0, 0.1) is 11.8 Å². The minimum Gasteiger partial charge on any atom is -0.328 e. The van der Waals surface area contributed by atoms with Gasteiger partial charge in [-0.1, -0.05) is 24.6 Å². The van der Waals surface area contributed by atoms with Crippen molar-refractivity contribution in [3.05, 3.63) is 35.4 Å². The van der Waals surface area contributed by atoms with E-state index in [1.165, 1.54) is 18.2 Å². The zero-order valence-corrected chi connectivity index (χ0v) is 14.6. The summed E-state index contributed by atoms with van der Waals surface area (Å²) in [4.78, 5) is 0. The Hall–Kier alpha value is -1.12. The van der Waals surface area contributed by atoms with Crippen molar-refractivity contribution >= 4 is 10.0 Å². The molecule has 0 radical (unpaired) electrons. The molecule has 0 amide bonds. The Bertz CT molecular complexity index is 707. The first-order valence-corrected chi connectivity index (χ1v) is 10.2. The van der Waals surface area contributed by atoms with Gasteiger partial charge in [0.25, 0.3) is 0 Å². The Kier molecular flexibility index (Phi) is 5.14. The summed E-state index contributed by atoms with van der Waals surface area (Å²) in [6, 6.07) is 4.70. The number of benzene rings is 1. The van der Waals surface area contributed by atoms with Gasteiger partial charge >= 0.3 is 6.18 Å². The Labute approximate surface area is 146 Å². The van der Waals surface area contributed by atoms with Crippen LogP contribution in [-0.4, -0.2) is 20.5 Å². The Morgan fingerprint density at radius 3 is 2.32 bits per heavy atom. The molecule has 1 aromatic rings. The van der Waals surface area contributed by atoms with Crippen LogP contribution in [0.25, 0.3) is 0 Å². The van der Waals surface area contributed by atoms with E-state index >= 15 is 0 Å². The minimum absolute atomic E-state index is 0.0852. The van der Waals surface area contributed by atoms with E-state index < -0.39 is 27.5 Å². The SMILES string of the molecule is NC1CC2CCCC(C1)C2NS(=O)(=O)Cc1ccccc1C(F)(F)F. The van der Waals surface area contributed by atoms with Gasteiger partial charge in [-0.2, -0.15) is 13.2 Å². The number of alkyl halides is 3. The predicted octanol–water partition coefficient (Wildman–Crippen LogP) is 3.03. The molecular formula is C17H23F3N2O2S. The van der Waals surface area contributed by atoms with E-state index in [1.54, 1.807) is 0 Å². The van der Waals surface area contributed by atoms with E-state index in [0.29, 0.717) is 0 Å². The fraction of sp³-hybridized carbons (Fsp3) is 0.647. The smallest absolute Gasteiger partial charge is 0.328 e. The number of nitrogens with one attached hydrogen (secondary N) is 1. The fourth-order valence-corrected chi connectivity index (χ4v) is 5.90. The number of hydrogen-bond acceptors (Lipinski definition) is 3. The lowest BCUT2D eigenvalue weighted by Crippen LogP contribution is -2.53. The second-order valence-corrected chi connectivity index (χ2v) is 8.99. The third-order valence-electron chi connectivity index (χ3n) is 5.36. The van der Waals surface area contributed by atoms with E-state index in [4.69, 9.17) is 5.73 Å². The summed E-state index contributed by atoms with van der Waals surface area (Å²) in [7, 11) is -3.87. The fourth-order valence-electron chi connectivity index (χ4n) is 4.36. The normalized spacial score (nSPS) is 30.2. The van der Waals surface area contributed by atoms with Crippen LogP contribution in [0.1, 0.15) is 43.2 Å². The van der Waals surface area contributed by atoms with Crippen molar-refractivity contribution in [3.8, 4) is 0 Å². The van der Waals surface area contributed by atoms with Gasteiger partial charge in [0.05, 0.1) is 11.3 Å². The van der Waals surface area contributed by atoms with Crippen molar-refractivity contribution in [1.29, 1.82) is 0 Å². The highest BCUT2D eigenvalue weighted by atomic mass is 32.2. The molecule has 3 rings (SSSR count). The lowest BCUT2D eigenvalue weighted by molar-refractivity contribution is -0.138. The van der Waals surface area contributed by atoms with Gasteiger partial charge in [0.1, 0.15) is 0 Å². The molecule has 0 aliphatic heterocycles. The minimum atomic E-state index is -4.57. The Morgan fingerprint density at radius 1 is 1.12 bits per heavy atom. The van der Waals surface area contributed by atoms with Crippen molar-refractivity contribution in [2.45, 2.75) is 56.1 Å². The Balaban J connectivity index is 1.78. The van der Waals surface area contributed by atoms with Crippen molar-refractivity contribution in [3.63, 3.8) is 0 Å². The molecule has 25 heavy (non-hydrogen) atoms. The molecule has 2 aliphatic rings. The third-order valence-corrected chi connectivity index (χ3v) is 6.68. The van der Waals surface area contributed by atoms with Crippen molar-refractivity contribution in [2.24, 2.45) is 17.6 Å². The summed E-state index contributed by atoms with van der Waals surface area (Å²) in [6.07, 6.45) is -0.157. The standard InChI is InChI=1S/C17H23F3N2O2S/c18-17(19,20)15-7-2-1-4-13(15)10-25(23,24)22-16-11-5-3-6-12(16)9-14(21)8-11/h1-2,4,7,11-12,14,16,22H,3,5-6,8-10,21H2. The van der Waals surface area contributed by atoms with E-state index in [-0.39, 0.29) is 29.5 Å². The molecule has 8 heteroatoms. The number of sulfonamides is 1. The van der Waals surface area contributed by atoms with Gasteiger partial charge in [-0.25, -0.2) is 13.1 Å². The summed E-state index contributed by atoms with van der Waals surface area (Å²) < 4.78 is 67.0. The maximum absolute atomic E-state index is 13.1. The molecule has 4 nitrogen and oxygen atoms in total. The molecule has 1 aromatic carbocycles. The zero-order chi connectivity index (χ0) is 18.2. The Morgan fingerprint density at radius 2 is 1.72 bits per heavy atom. The highest BCUT2D eigenvalue weighted by molar-refractivity contribution is 7.88. The molecule has 0 spiro atoms. The van der Waals surface area contributed by atoms with Crippen LogP contribution < -0.4 is 10.5 Å². The topological polar surface area (TPSA) is 72.2 Å². The summed E-state index contributed by atoms with van der Waals surface area (Å²) in [5, 5.41) is 0. The number of hydrogen-bond donors (Lipinski definition) is 2. The van der Waals surface area contributed by atoms with Gasteiger partial charge < -0.3 is 5.73 Å². The largest absolute Gasteiger partial charge is 0.416 e. The molecule has 140 valence electrons. The van der Waals surface area contributed by atoms with Crippen LogP contribution in [0.5, 0.6) is 0 Å². The summed E-state index contributed by atoms with van der Waals surface area (Å²) >= 11 is 0. The van der Waals surface area contributed by atoms with Crippen LogP contribution in [0.2, 0.25) is 0 Å². The van der Waals surface area contributed by atoms with Crippen LogP contribution >= 0.6 is 0 Å². The lowest BCUT2D eigenvalue weighted by Gasteiger charge is -2.45. The van der Waals surface area contributed by atoms with Gasteiger partial charge in [-0.05, 0) is 49.1 Å². The summed E-state index contributed by atoms with van der Waals surface area (Å²) in [5.41, 5.74) is 4.92. The van der Waals surface area contributed by atoms with E-state index in [1.807, 2.05) is 0 Å². The average molecular weight is 376 g/mol. The molecule has 0 heterocycles. The van der Waals surface area contributed by atoms with E-state index in [9.17, 15) is 21.6 Å². The number of rotatable bonds is 4. The predicted molar refractivity (Wildman–Crippen MR) is 89.0 cm³/mol. The van der Waals surface area contributed by atoms with Gasteiger partial charge in [0.2, 0.25) is 10.0 Å². The molecule has 0 saturated heterocycles. The first kappa shape index (κ1) is 18.7. The molecule has 2 bridgehead atoms. The maximum Gasteiger partial charge on any atom is 0.416 e. The van der Waals surface area contributed by atoms with Gasteiger partial charge in [0, 0.05) is 12.1 Å². The summed E-state index contributed by atoms with van der Waals surface area (Å²) in [6.45, 7) is 0. The quantitative estimate of drug-likeness (QED) is 0.848. The molecule has 0 aromatic heterocycles. The second-order valence-electron chi connectivity index (χ2n) is 7.24. The highest BCUT2D eigenvalue weighted by Gasteiger charge is 2.41. The van der Waals surface area contributed by atoms with Gasteiger partial charge in [0.15, 0.2) is 0 Å². The molecular weight excluding hydrogens is 353 g/mol. The summed E-state index contributed by atoms with van der Waals surface area (Å²) in [5.74, 6) is -0.310. The zero-order valence-electron chi connectivity index (χ0n) is 13.8. The molecule has 2 fully saturated rings. The number of halogens is 3. The van der Waals surface area contributed by atoms with Crippen molar-refractivity contribution < 1.29 is 21.6 Å². The lowest BCUT2D eigenvalue weighted by atomic mass is 9.67. The van der Waals surface area contributed by atoms with E-state index in [0.717, 1.165) is 38.2 Å². The van der Waals surface area contributed by atoms with Crippen LogP contribution in [0.15, 0.2) is 24.3 Å². The second kappa shape index (κ2) is 6.89. The van der Waals surface area contributed by atoms with Crippen LogP contribution in [0.3, 0.4) is 0 Å². The molecule has 2 saturated carbocycles.